The van der Waals surface area contributed by atoms with Crippen molar-refractivity contribution in [1.82, 2.24) is 0 Å². The van der Waals surface area contributed by atoms with Crippen molar-refractivity contribution < 1.29 is 29.4 Å². The zero-order chi connectivity index (χ0) is 0. The summed E-state index contributed by atoms with van der Waals surface area (Å²) in [7, 11) is 0. The minimum Gasteiger partial charge on any atom is -1.00 e. The molecule has 0 fully saturated rings. The van der Waals surface area contributed by atoms with E-state index in [-0.39, 0.29) is 92.5 Å². The van der Waals surface area contributed by atoms with Gasteiger partial charge in [-0.15, -0.1) is 0 Å². The van der Waals surface area contributed by atoms with Crippen molar-refractivity contribution in [1.29, 1.82) is 0 Å². The van der Waals surface area contributed by atoms with Crippen LogP contribution in [0.5, 0.6) is 0 Å². The Hall–Kier alpha value is 2.67. The Kier molecular flexibility index (Phi) is 130. The molecule has 0 rings (SSSR count). The van der Waals surface area contributed by atoms with E-state index in [1.807, 2.05) is 0 Å². The fourth-order valence-electron chi connectivity index (χ4n) is 0. The zero-order valence-corrected chi connectivity index (χ0v) is 8.02. The Bertz CT molecular complexity index is 13.5. The van der Waals surface area contributed by atoms with Crippen LogP contribution >= 0.6 is 0 Å². The molecule has 26 valence electrons. The third-order valence-corrected chi connectivity index (χ3v) is 0. The van der Waals surface area contributed by atoms with E-state index in [4.69, 9.17) is 0 Å². The third-order valence-electron chi connectivity index (χ3n) is 0. The summed E-state index contributed by atoms with van der Waals surface area (Å²) in [6.45, 7) is 0. The molecule has 0 spiro atoms. The smallest absolute Gasteiger partial charge is 1.00 e. The van der Waals surface area contributed by atoms with Crippen LogP contribution in [0.15, 0.2) is 0 Å². The third kappa shape index (κ3) is 8.82. The van der Waals surface area contributed by atoms with Gasteiger partial charge in [0.15, 0.2) is 0 Å². The maximum Gasteiger partial charge on any atom is 2.00 e. The molecule has 2 N–H and O–H groups in total. The molecule has 4 heteroatoms. The average Bonchev–Trinajstić information content (AvgIpc) is 0. The molecule has 0 bridgehead atoms. The van der Waals surface area contributed by atoms with Gasteiger partial charge in [0.1, 0.15) is 0 Å². The fraction of sp³-hybridized carbons (Fsp3) is 0. The van der Waals surface area contributed by atoms with Crippen molar-refractivity contribution in [2.24, 2.45) is 0 Å². The molecule has 0 aliphatic carbocycles. The van der Waals surface area contributed by atoms with Crippen LogP contribution in [0.25, 0.3) is 0 Å². The molecule has 0 saturated heterocycles. The first-order chi connectivity index (χ1) is 0. The van der Waals surface area contributed by atoms with Gasteiger partial charge in [-0.2, -0.15) is 0 Å². The second-order valence-electron chi connectivity index (χ2n) is 0. The number of hydrogen-bond acceptors (Lipinski definition) is 0. The molecule has 0 aromatic carbocycles. The van der Waals surface area contributed by atoms with Crippen molar-refractivity contribution in [3.8, 4) is 0 Å². The molecule has 0 heterocycles. The predicted octanol–water partition coefficient (Wildman–Crippen LogP) is -2.43. The van der Waals surface area contributed by atoms with Crippen molar-refractivity contribution >= 4 is 63.1 Å². The van der Waals surface area contributed by atoms with Crippen LogP contribution in [0.1, 0.15) is 2.85 Å². The van der Waals surface area contributed by atoms with Crippen LogP contribution in [-0.4, -0.2) is 68.6 Å². The van der Waals surface area contributed by atoms with Gasteiger partial charge >= 0.3 is 63.1 Å². The Balaban J connectivity index is 0. The SMILES string of the molecule is O.[GeH4].[H-].[H-].[Sr+2].[W]. The first-order valence-electron chi connectivity index (χ1n) is 0. The zero-order valence-electron chi connectivity index (χ0n) is 3.62. The first-order valence-corrected chi connectivity index (χ1v) is 0. The van der Waals surface area contributed by atoms with Gasteiger partial charge in [0.25, 0.3) is 0 Å². The quantitative estimate of drug-likeness (QED) is 0.426. The van der Waals surface area contributed by atoms with E-state index in [2.05, 4.69) is 0 Å². The molecule has 0 unspecified atom stereocenters. The Labute approximate surface area is 90.7 Å². The van der Waals surface area contributed by atoms with Crippen molar-refractivity contribution in [2.45, 2.75) is 0 Å². The fourth-order valence-corrected chi connectivity index (χ4v) is 0. The molecule has 0 aromatic heterocycles. The summed E-state index contributed by atoms with van der Waals surface area (Å²) in [6.07, 6.45) is 0. The molecule has 0 atom stereocenters. The van der Waals surface area contributed by atoms with Crippen molar-refractivity contribution in [3.63, 3.8) is 0 Å². The van der Waals surface area contributed by atoms with E-state index < -0.39 is 0 Å². The molecule has 4 heavy (non-hydrogen) atoms. The van der Waals surface area contributed by atoms with Gasteiger partial charge in [-0.05, 0) is 0 Å². The minimum absolute atomic E-state index is 0. The second-order valence-corrected chi connectivity index (χ2v) is 0. The molecule has 0 radical (unpaired) electrons. The maximum absolute atomic E-state index is 0. The van der Waals surface area contributed by atoms with Crippen LogP contribution < -0.4 is 0 Å². The van der Waals surface area contributed by atoms with Gasteiger partial charge < -0.3 is 8.33 Å². The van der Waals surface area contributed by atoms with E-state index >= 15 is 0 Å². The summed E-state index contributed by atoms with van der Waals surface area (Å²) in [6, 6.07) is 0. The van der Waals surface area contributed by atoms with Crippen LogP contribution in [0.2, 0.25) is 0 Å². The number of rotatable bonds is 0. The topological polar surface area (TPSA) is 31.5 Å². The summed E-state index contributed by atoms with van der Waals surface area (Å²) in [4.78, 5) is 0. The maximum atomic E-state index is 0. The molecule has 0 amide bonds. The summed E-state index contributed by atoms with van der Waals surface area (Å²) in [5, 5.41) is 0. The Morgan fingerprint density at radius 1 is 1.25 bits per heavy atom. The van der Waals surface area contributed by atoms with E-state index in [9.17, 15) is 0 Å². The van der Waals surface area contributed by atoms with Gasteiger partial charge in [-0.25, -0.2) is 0 Å². The van der Waals surface area contributed by atoms with Crippen LogP contribution in [0, 0.1) is 0 Å². The summed E-state index contributed by atoms with van der Waals surface area (Å²) < 4.78 is 0. The van der Waals surface area contributed by atoms with Crippen LogP contribution in [0.3, 0.4) is 0 Å². The van der Waals surface area contributed by atoms with E-state index in [1.54, 1.807) is 0 Å². The normalized spacial score (nSPS) is 0. The number of hydrogen-bond donors (Lipinski definition) is 0. The van der Waals surface area contributed by atoms with Gasteiger partial charge in [-0.1, -0.05) is 0 Å². The van der Waals surface area contributed by atoms with E-state index in [1.165, 1.54) is 0 Å². The molecule has 0 aliphatic heterocycles. The van der Waals surface area contributed by atoms with Crippen LogP contribution in [0.4, 0.5) is 0 Å². The van der Waals surface area contributed by atoms with Gasteiger partial charge in [0.2, 0.25) is 0 Å². The van der Waals surface area contributed by atoms with Crippen molar-refractivity contribution in [2.75, 3.05) is 0 Å². The van der Waals surface area contributed by atoms with Gasteiger partial charge in [-0.3, -0.25) is 0 Å². The van der Waals surface area contributed by atoms with Gasteiger partial charge in [0, 0.05) is 21.1 Å². The summed E-state index contributed by atoms with van der Waals surface area (Å²) in [5.74, 6) is 0. The molecular formula is H8GeOSrW. The van der Waals surface area contributed by atoms with E-state index in [0.717, 1.165) is 0 Å². The Morgan fingerprint density at radius 2 is 1.25 bits per heavy atom. The van der Waals surface area contributed by atoms with Crippen molar-refractivity contribution in [3.05, 3.63) is 0 Å². The molecular weight excluding hydrogens is 360 g/mol. The molecule has 0 aliphatic rings. The predicted molar refractivity (Wildman–Crippen MR) is 22.9 cm³/mol. The average molecular weight is 368 g/mol. The van der Waals surface area contributed by atoms with Crippen LogP contribution in [-0.2, 0) is 21.1 Å². The largest absolute Gasteiger partial charge is 2.00 e. The molecule has 1 nitrogen and oxygen atoms in total. The second kappa shape index (κ2) is 17.3. The Morgan fingerprint density at radius 3 is 1.25 bits per heavy atom. The minimum atomic E-state index is 0. The molecule has 0 saturated carbocycles. The molecule has 0 aromatic rings. The van der Waals surface area contributed by atoms with E-state index in [0.29, 0.717) is 0 Å². The monoisotopic (exact) mass is 370 g/mol. The summed E-state index contributed by atoms with van der Waals surface area (Å²) >= 11 is 0. The first kappa shape index (κ1) is 30.1. The standard InChI is InChI=1S/GeH4.H2O.Sr.W.2H/h1H4;1H2;;;;/q;;+2;;2*-1. The summed E-state index contributed by atoms with van der Waals surface area (Å²) in [5.41, 5.74) is 0. The van der Waals surface area contributed by atoms with Gasteiger partial charge in [0.05, 0.1) is 0 Å².